The number of hydrogen-bond donors (Lipinski definition) is 0. The number of methoxy groups -OCH3 is 1. The lowest BCUT2D eigenvalue weighted by molar-refractivity contribution is -0.310. The second-order valence-corrected chi connectivity index (χ2v) is 3.59. The molecule has 0 amide bonds. The molecule has 0 radical (unpaired) electrons. The number of ketones is 1. The van der Waals surface area contributed by atoms with Crippen LogP contribution in [-0.2, 0) is 14.3 Å². The molecular weight excluding hydrogens is 255 g/mol. The Hall–Kier alpha value is -2.37. The van der Waals surface area contributed by atoms with Crippen LogP contribution in [0, 0.1) is 5.82 Å². The van der Waals surface area contributed by atoms with Crippen LogP contribution in [0.3, 0.4) is 0 Å². The van der Waals surface area contributed by atoms with E-state index >= 15 is 0 Å². The van der Waals surface area contributed by atoms with E-state index in [2.05, 4.69) is 4.74 Å². The minimum absolute atomic E-state index is 0.252. The van der Waals surface area contributed by atoms with E-state index in [0.717, 1.165) is 26.2 Å². The van der Waals surface area contributed by atoms with E-state index in [1.807, 2.05) is 0 Å². The number of carbonyl (C=O) groups is 2. The van der Waals surface area contributed by atoms with Crippen LogP contribution < -0.4 is 9.84 Å². The second kappa shape index (κ2) is 6.53. The first-order chi connectivity index (χ1) is 8.95. The van der Waals surface area contributed by atoms with Gasteiger partial charge in [-0.25, -0.2) is 9.18 Å². The van der Waals surface area contributed by atoms with Gasteiger partial charge >= 0.3 is 5.97 Å². The molecule has 1 aromatic rings. The normalized spacial score (nSPS) is 11.5. The number of ether oxygens (including phenoxy) is 2. The molecule has 1 rings (SSSR count). The van der Waals surface area contributed by atoms with E-state index in [1.165, 1.54) is 12.1 Å². The maximum Gasteiger partial charge on any atom is 0.340 e. The number of benzene rings is 1. The lowest BCUT2D eigenvalue weighted by atomic mass is 10.1. The fourth-order valence-electron chi connectivity index (χ4n) is 1.31. The highest BCUT2D eigenvalue weighted by Gasteiger charge is 2.16. The summed E-state index contributed by atoms with van der Waals surface area (Å²) >= 11 is 0. The van der Waals surface area contributed by atoms with Crippen molar-refractivity contribution >= 4 is 11.8 Å². The molecule has 0 aromatic heterocycles. The first-order valence-corrected chi connectivity index (χ1v) is 5.33. The molecule has 0 aliphatic heterocycles. The fraction of sp³-hybridized carbons (Fsp3) is 0.231. The van der Waals surface area contributed by atoms with Gasteiger partial charge in [-0.3, -0.25) is 4.79 Å². The van der Waals surface area contributed by atoms with Gasteiger partial charge in [0.25, 0.3) is 0 Å². The SMILES string of the molecule is COC(=O)C(C(C)=O)=C([O-])COc1ccc(F)cc1. The molecule has 0 heterocycles. The van der Waals surface area contributed by atoms with E-state index in [-0.39, 0.29) is 5.75 Å². The smallest absolute Gasteiger partial charge is 0.340 e. The predicted molar refractivity (Wildman–Crippen MR) is 61.6 cm³/mol. The molecular formula is C13H12FO5-. The van der Waals surface area contributed by atoms with Crippen molar-refractivity contribution in [1.29, 1.82) is 0 Å². The number of rotatable bonds is 5. The third-order valence-electron chi connectivity index (χ3n) is 2.20. The lowest BCUT2D eigenvalue weighted by Gasteiger charge is -2.16. The number of esters is 1. The van der Waals surface area contributed by atoms with Gasteiger partial charge in [0.1, 0.15) is 18.2 Å². The summed E-state index contributed by atoms with van der Waals surface area (Å²) in [6.45, 7) is 0.581. The van der Waals surface area contributed by atoms with Gasteiger partial charge in [0.15, 0.2) is 5.78 Å². The van der Waals surface area contributed by atoms with Crippen LogP contribution in [0.4, 0.5) is 4.39 Å². The number of carbonyl (C=O) groups excluding carboxylic acids is 2. The molecule has 0 unspecified atom stereocenters. The Morgan fingerprint density at radius 1 is 1.26 bits per heavy atom. The summed E-state index contributed by atoms with van der Waals surface area (Å²) in [5.41, 5.74) is -0.579. The Bertz CT molecular complexity index is 504. The Balaban J connectivity index is 2.81. The average Bonchev–Trinajstić information content (AvgIpc) is 2.37. The molecule has 5 nitrogen and oxygen atoms in total. The van der Waals surface area contributed by atoms with E-state index < -0.39 is 35.5 Å². The first-order valence-electron chi connectivity index (χ1n) is 5.33. The van der Waals surface area contributed by atoms with Gasteiger partial charge in [0.05, 0.1) is 12.7 Å². The maximum atomic E-state index is 12.6. The number of hydrogen-bond acceptors (Lipinski definition) is 5. The molecule has 0 aliphatic rings. The van der Waals surface area contributed by atoms with E-state index in [4.69, 9.17) is 4.74 Å². The summed E-state index contributed by atoms with van der Waals surface area (Å²) < 4.78 is 22.0. The van der Waals surface area contributed by atoms with Crippen LogP contribution in [0.2, 0.25) is 0 Å². The summed E-state index contributed by atoms with van der Waals surface area (Å²) in [5.74, 6) is -2.67. The van der Waals surface area contributed by atoms with Gasteiger partial charge in [0, 0.05) is 0 Å². The summed E-state index contributed by atoms with van der Waals surface area (Å²) in [5, 5.41) is 11.7. The minimum atomic E-state index is -1.000. The highest BCUT2D eigenvalue weighted by atomic mass is 19.1. The van der Waals surface area contributed by atoms with Crippen LogP contribution >= 0.6 is 0 Å². The molecule has 0 saturated carbocycles. The monoisotopic (exact) mass is 267 g/mol. The second-order valence-electron chi connectivity index (χ2n) is 3.59. The summed E-state index contributed by atoms with van der Waals surface area (Å²) in [6.07, 6.45) is 0. The molecule has 1 aromatic carbocycles. The van der Waals surface area contributed by atoms with E-state index in [1.54, 1.807) is 0 Å². The molecule has 6 heteroatoms. The molecule has 0 saturated heterocycles. The Morgan fingerprint density at radius 2 is 1.84 bits per heavy atom. The number of halogens is 1. The molecule has 0 bridgehead atoms. The number of Topliss-reactive ketones (excluding diaryl/α,β-unsaturated/α-hetero) is 1. The topological polar surface area (TPSA) is 75.7 Å². The van der Waals surface area contributed by atoms with Gasteiger partial charge in [-0.2, -0.15) is 0 Å². The average molecular weight is 267 g/mol. The highest BCUT2D eigenvalue weighted by molar-refractivity contribution is 6.16. The third-order valence-corrected chi connectivity index (χ3v) is 2.20. The van der Waals surface area contributed by atoms with Crippen molar-refractivity contribution in [3.8, 4) is 5.75 Å². The third kappa shape index (κ3) is 4.09. The van der Waals surface area contributed by atoms with Crippen molar-refractivity contribution in [2.24, 2.45) is 0 Å². The summed E-state index contributed by atoms with van der Waals surface area (Å²) in [6, 6.07) is 4.98. The Morgan fingerprint density at radius 3 is 2.32 bits per heavy atom. The van der Waals surface area contributed by atoms with Gasteiger partial charge in [-0.05, 0) is 31.2 Å². The summed E-state index contributed by atoms with van der Waals surface area (Å²) in [7, 11) is 1.07. The van der Waals surface area contributed by atoms with Crippen molar-refractivity contribution in [3.05, 3.63) is 41.4 Å². The van der Waals surface area contributed by atoms with Crippen LogP contribution in [0.25, 0.3) is 0 Å². The quantitative estimate of drug-likeness (QED) is 0.256. The molecule has 0 fully saturated rings. The molecule has 0 aliphatic carbocycles. The van der Waals surface area contributed by atoms with Crippen molar-refractivity contribution in [2.45, 2.75) is 6.92 Å². The van der Waals surface area contributed by atoms with Crippen molar-refractivity contribution < 1.29 is 28.6 Å². The Kier molecular flexibility index (Phi) is 5.05. The fourth-order valence-corrected chi connectivity index (χ4v) is 1.31. The van der Waals surface area contributed by atoms with Crippen molar-refractivity contribution in [3.63, 3.8) is 0 Å². The van der Waals surface area contributed by atoms with E-state index in [0.29, 0.717) is 0 Å². The largest absolute Gasteiger partial charge is 0.873 e. The first kappa shape index (κ1) is 14.7. The predicted octanol–water partition coefficient (Wildman–Crippen LogP) is 0.581. The van der Waals surface area contributed by atoms with Gasteiger partial charge in [0.2, 0.25) is 0 Å². The Labute approximate surface area is 109 Å². The van der Waals surface area contributed by atoms with Crippen LogP contribution in [0.5, 0.6) is 5.75 Å². The molecule has 0 atom stereocenters. The van der Waals surface area contributed by atoms with Gasteiger partial charge in [-0.1, -0.05) is 5.76 Å². The lowest BCUT2D eigenvalue weighted by Crippen LogP contribution is -2.24. The standard InChI is InChI=1S/C13H13FO5/c1-8(15)12(13(17)18-2)11(16)7-19-10-5-3-9(14)4-6-10/h3-6,16H,7H2,1-2H3/p-1. The molecule has 19 heavy (non-hydrogen) atoms. The van der Waals surface area contributed by atoms with E-state index in [9.17, 15) is 19.1 Å². The molecule has 0 spiro atoms. The maximum absolute atomic E-state index is 12.6. The van der Waals surface area contributed by atoms with Crippen molar-refractivity contribution in [1.82, 2.24) is 0 Å². The zero-order valence-corrected chi connectivity index (χ0v) is 10.4. The molecule has 102 valence electrons. The zero-order valence-electron chi connectivity index (χ0n) is 10.4. The zero-order chi connectivity index (χ0) is 14.4. The summed E-state index contributed by atoms with van der Waals surface area (Å²) in [4.78, 5) is 22.4. The van der Waals surface area contributed by atoms with Gasteiger partial charge in [-0.15, -0.1) is 0 Å². The van der Waals surface area contributed by atoms with Crippen LogP contribution in [-0.4, -0.2) is 25.5 Å². The van der Waals surface area contributed by atoms with Crippen LogP contribution in [0.15, 0.2) is 35.6 Å². The molecule has 0 N–H and O–H groups in total. The minimum Gasteiger partial charge on any atom is -0.873 e. The van der Waals surface area contributed by atoms with Crippen molar-refractivity contribution in [2.75, 3.05) is 13.7 Å². The highest BCUT2D eigenvalue weighted by Crippen LogP contribution is 2.12. The van der Waals surface area contributed by atoms with Crippen LogP contribution in [0.1, 0.15) is 6.92 Å². The van der Waals surface area contributed by atoms with Gasteiger partial charge < -0.3 is 14.6 Å².